The van der Waals surface area contributed by atoms with Crippen LogP contribution in [-0.2, 0) is 19.9 Å². The van der Waals surface area contributed by atoms with Crippen molar-refractivity contribution in [1.82, 2.24) is 14.5 Å². The fourth-order valence-electron chi connectivity index (χ4n) is 4.26. The van der Waals surface area contributed by atoms with E-state index in [0.717, 1.165) is 6.42 Å². The summed E-state index contributed by atoms with van der Waals surface area (Å²) in [5.41, 5.74) is 0.720. The molecule has 192 valence electrons. The van der Waals surface area contributed by atoms with Crippen molar-refractivity contribution in [3.8, 4) is 11.5 Å². The number of hydrogen-bond donors (Lipinski definition) is 1. The van der Waals surface area contributed by atoms with Crippen molar-refractivity contribution in [3.63, 3.8) is 0 Å². The molecule has 0 bridgehead atoms. The first kappa shape index (κ1) is 26.0. The largest absolute Gasteiger partial charge is 0.403 e. The van der Waals surface area contributed by atoms with Gasteiger partial charge in [0.2, 0.25) is 15.9 Å². The second-order valence-corrected chi connectivity index (χ2v) is 13.3. The quantitative estimate of drug-likeness (QED) is 0.488. The third kappa shape index (κ3) is 5.50. The van der Waals surface area contributed by atoms with E-state index in [2.05, 4.69) is 15.5 Å². The minimum absolute atomic E-state index is 0.00728. The number of hydrogen-bond acceptors (Lipinski definition) is 8. The van der Waals surface area contributed by atoms with E-state index in [1.54, 1.807) is 19.1 Å². The number of nitrogens with zero attached hydrogens (tertiary/aromatic N) is 3. The van der Waals surface area contributed by atoms with Crippen LogP contribution in [-0.4, -0.2) is 56.1 Å². The van der Waals surface area contributed by atoms with E-state index in [9.17, 15) is 21.6 Å². The second-order valence-electron chi connectivity index (χ2n) is 9.09. The molecule has 4 rings (SSSR count). The van der Waals surface area contributed by atoms with E-state index < -0.39 is 25.8 Å². The summed E-state index contributed by atoms with van der Waals surface area (Å²) in [6, 6.07) is 11.6. The number of benzene rings is 2. The average Bonchev–Trinajstić information content (AvgIpc) is 3.32. The van der Waals surface area contributed by atoms with Crippen LogP contribution in [0.2, 0.25) is 0 Å². The molecule has 1 aliphatic heterocycles. The van der Waals surface area contributed by atoms with E-state index in [1.165, 1.54) is 40.7 Å². The van der Waals surface area contributed by atoms with Crippen molar-refractivity contribution in [2.24, 2.45) is 11.8 Å². The minimum Gasteiger partial charge on any atom is -0.403 e. The summed E-state index contributed by atoms with van der Waals surface area (Å²) in [7, 11) is -6.97. The first-order chi connectivity index (χ1) is 17.0. The summed E-state index contributed by atoms with van der Waals surface area (Å²) < 4.78 is 57.0. The molecular weight excluding hydrogens is 504 g/mol. The summed E-state index contributed by atoms with van der Waals surface area (Å²) in [5, 5.41) is 10.2. The fraction of sp³-hybridized carbons (Fsp3) is 0.375. The highest BCUT2D eigenvalue weighted by atomic mass is 32.2. The number of amides is 1. The summed E-state index contributed by atoms with van der Waals surface area (Å²) in [4.78, 5) is 13.0. The highest BCUT2D eigenvalue weighted by molar-refractivity contribution is 7.91. The normalized spacial score (nSPS) is 19.2. The van der Waals surface area contributed by atoms with E-state index in [-0.39, 0.29) is 44.8 Å². The van der Waals surface area contributed by atoms with E-state index in [1.807, 2.05) is 13.8 Å². The van der Waals surface area contributed by atoms with Gasteiger partial charge in [-0.3, -0.25) is 10.1 Å². The highest BCUT2D eigenvalue weighted by Crippen LogP contribution is 2.27. The zero-order chi connectivity index (χ0) is 26.1. The molecule has 2 heterocycles. The van der Waals surface area contributed by atoms with Crippen LogP contribution in [0.5, 0.6) is 0 Å². The summed E-state index contributed by atoms with van der Waals surface area (Å²) in [6.45, 7) is 6.61. The van der Waals surface area contributed by atoms with Gasteiger partial charge in [-0.05, 0) is 66.8 Å². The number of carbonyl (C=O) groups is 1. The molecular formula is C24H28N4O6S2. The zero-order valence-electron chi connectivity index (χ0n) is 20.2. The molecule has 36 heavy (non-hydrogen) atoms. The van der Waals surface area contributed by atoms with Crippen LogP contribution in [0.15, 0.2) is 62.7 Å². The molecule has 1 aliphatic rings. The van der Waals surface area contributed by atoms with Crippen molar-refractivity contribution < 1.29 is 26.0 Å². The van der Waals surface area contributed by atoms with Gasteiger partial charge in [-0.25, -0.2) is 16.8 Å². The summed E-state index contributed by atoms with van der Waals surface area (Å²) >= 11 is 0. The van der Waals surface area contributed by atoms with Gasteiger partial charge < -0.3 is 4.42 Å². The Morgan fingerprint density at radius 1 is 0.944 bits per heavy atom. The number of aromatic nitrogens is 2. The Morgan fingerprint density at radius 3 is 2.11 bits per heavy atom. The molecule has 0 aliphatic carbocycles. The number of carbonyl (C=O) groups excluding carboxylic acids is 1. The monoisotopic (exact) mass is 532 g/mol. The van der Waals surface area contributed by atoms with Gasteiger partial charge in [0.15, 0.2) is 9.84 Å². The number of piperidine rings is 1. The number of sulfonamides is 1. The highest BCUT2D eigenvalue weighted by Gasteiger charge is 2.31. The number of nitrogens with one attached hydrogen (secondary N) is 1. The van der Waals surface area contributed by atoms with Gasteiger partial charge in [0.05, 0.1) is 15.5 Å². The SMILES string of the molecule is CCS(=O)(=O)c1ccc(-c2nnc(NC(=O)c3ccc(S(=O)(=O)N4CC(C)CC(C)C4)cc3)o2)cc1. The summed E-state index contributed by atoms with van der Waals surface area (Å²) in [6.07, 6.45) is 0.995. The molecule has 2 atom stereocenters. The predicted octanol–water partition coefficient (Wildman–Crippen LogP) is 3.45. The minimum atomic E-state index is -3.65. The molecule has 12 heteroatoms. The van der Waals surface area contributed by atoms with Crippen LogP contribution in [0.1, 0.15) is 37.6 Å². The lowest BCUT2D eigenvalue weighted by Gasteiger charge is -2.34. The van der Waals surface area contributed by atoms with Crippen LogP contribution >= 0.6 is 0 Å². The Kier molecular flexibility index (Phi) is 7.30. The van der Waals surface area contributed by atoms with Gasteiger partial charge >= 0.3 is 6.01 Å². The van der Waals surface area contributed by atoms with Crippen molar-refractivity contribution in [2.45, 2.75) is 37.0 Å². The summed E-state index contributed by atoms with van der Waals surface area (Å²) in [5.74, 6) is 0.133. The number of rotatable bonds is 7. The topological polar surface area (TPSA) is 140 Å². The van der Waals surface area contributed by atoms with Gasteiger partial charge in [-0.2, -0.15) is 4.31 Å². The smallest absolute Gasteiger partial charge is 0.322 e. The van der Waals surface area contributed by atoms with Gasteiger partial charge in [-0.15, -0.1) is 5.10 Å². The predicted molar refractivity (Wildman–Crippen MR) is 134 cm³/mol. The third-order valence-electron chi connectivity index (χ3n) is 6.08. The Hall–Kier alpha value is -3.09. The van der Waals surface area contributed by atoms with Crippen LogP contribution in [0, 0.1) is 11.8 Å². The Morgan fingerprint density at radius 2 is 1.53 bits per heavy atom. The van der Waals surface area contributed by atoms with E-state index >= 15 is 0 Å². The van der Waals surface area contributed by atoms with Gasteiger partial charge in [0.25, 0.3) is 5.91 Å². The lowest BCUT2D eigenvalue weighted by Crippen LogP contribution is -2.42. The number of anilines is 1. The van der Waals surface area contributed by atoms with E-state index in [4.69, 9.17) is 4.42 Å². The van der Waals surface area contributed by atoms with Crippen LogP contribution < -0.4 is 5.32 Å². The zero-order valence-corrected chi connectivity index (χ0v) is 21.8. The maximum Gasteiger partial charge on any atom is 0.322 e. The van der Waals surface area contributed by atoms with Crippen molar-refractivity contribution in [2.75, 3.05) is 24.2 Å². The Labute approximate surface area is 210 Å². The lowest BCUT2D eigenvalue weighted by atomic mass is 9.94. The first-order valence-corrected chi connectivity index (χ1v) is 14.7. The molecule has 2 aromatic carbocycles. The van der Waals surface area contributed by atoms with Crippen molar-refractivity contribution in [1.29, 1.82) is 0 Å². The Balaban J connectivity index is 1.44. The Bertz CT molecular complexity index is 1440. The lowest BCUT2D eigenvalue weighted by molar-refractivity contribution is 0.102. The average molecular weight is 533 g/mol. The molecule has 3 aromatic rings. The molecule has 1 N–H and O–H groups in total. The fourth-order valence-corrected chi connectivity index (χ4v) is 6.82. The molecule has 0 radical (unpaired) electrons. The maximum absolute atomic E-state index is 13.0. The molecule has 0 spiro atoms. The van der Waals surface area contributed by atoms with Gasteiger partial charge in [-0.1, -0.05) is 25.9 Å². The number of sulfone groups is 1. The third-order valence-corrected chi connectivity index (χ3v) is 9.67. The standard InChI is InChI=1S/C24H28N4O6S2/c1-4-35(30,31)20-9-7-19(8-10-20)23-26-27-24(34-23)25-22(29)18-5-11-21(12-6-18)36(32,33)28-14-16(2)13-17(3)15-28/h5-12,16-17H,4,13-15H2,1-3H3,(H,25,27,29). The van der Waals surface area contributed by atoms with Crippen molar-refractivity contribution in [3.05, 3.63) is 54.1 Å². The molecule has 2 unspecified atom stereocenters. The van der Waals surface area contributed by atoms with Crippen LogP contribution in [0.4, 0.5) is 6.01 Å². The molecule has 1 aromatic heterocycles. The van der Waals surface area contributed by atoms with Crippen LogP contribution in [0.25, 0.3) is 11.5 Å². The van der Waals surface area contributed by atoms with Crippen LogP contribution in [0.3, 0.4) is 0 Å². The molecule has 1 saturated heterocycles. The van der Waals surface area contributed by atoms with Gasteiger partial charge in [0.1, 0.15) is 0 Å². The van der Waals surface area contributed by atoms with Crippen molar-refractivity contribution >= 4 is 31.8 Å². The first-order valence-electron chi connectivity index (χ1n) is 11.6. The molecule has 1 amide bonds. The molecule has 10 nitrogen and oxygen atoms in total. The molecule has 0 saturated carbocycles. The maximum atomic E-state index is 13.0. The second kappa shape index (κ2) is 10.1. The molecule has 1 fully saturated rings. The van der Waals surface area contributed by atoms with E-state index in [0.29, 0.717) is 18.7 Å². The van der Waals surface area contributed by atoms with Gasteiger partial charge in [0, 0.05) is 24.2 Å².